The van der Waals surface area contributed by atoms with Crippen molar-refractivity contribution in [3.8, 4) is 0 Å². The van der Waals surface area contributed by atoms with Crippen molar-refractivity contribution < 1.29 is 14.0 Å². The predicted molar refractivity (Wildman–Crippen MR) is 117 cm³/mol. The molecule has 3 aromatic carbocycles. The van der Waals surface area contributed by atoms with Gasteiger partial charge in [0.25, 0.3) is 5.91 Å². The third-order valence-electron chi connectivity index (χ3n) is 5.61. The highest BCUT2D eigenvalue weighted by atomic mass is 32.2. The zero-order valence-corrected chi connectivity index (χ0v) is 17.2. The van der Waals surface area contributed by atoms with Crippen molar-refractivity contribution in [3.05, 3.63) is 95.3 Å². The maximum atomic E-state index is 13.9. The van der Waals surface area contributed by atoms with Crippen LogP contribution in [0.4, 0.5) is 15.8 Å². The van der Waals surface area contributed by atoms with Crippen LogP contribution in [0.25, 0.3) is 0 Å². The standard InChI is InChI=1S/C24H19FN2O2S/c1-16-6-8-17(9-7-16)14-26-21-5-3-2-4-20(21)24(23(26)29)27(22(28)15-30-24)19-12-10-18(25)11-13-19/h2-13H,14-15H2,1H3/t24-/m0/s1. The molecule has 2 heterocycles. The average Bonchev–Trinajstić information content (AvgIpc) is 3.22. The lowest BCUT2D eigenvalue weighted by atomic mass is 10.0. The summed E-state index contributed by atoms with van der Waals surface area (Å²) in [4.78, 5) is 28.9. The van der Waals surface area contributed by atoms with Gasteiger partial charge in [0.2, 0.25) is 10.8 Å². The number of hydrogen-bond donors (Lipinski definition) is 0. The molecule has 2 aliphatic heterocycles. The summed E-state index contributed by atoms with van der Waals surface area (Å²) in [5.41, 5.74) is 4.29. The second-order valence-corrected chi connectivity index (χ2v) is 8.70. The molecule has 2 aliphatic rings. The summed E-state index contributed by atoms with van der Waals surface area (Å²) in [7, 11) is 0. The normalized spacial score (nSPS) is 20.3. The number of nitrogens with zero attached hydrogens (tertiary/aromatic N) is 2. The Kier molecular flexibility index (Phi) is 4.40. The maximum Gasteiger partial charge on any atom is 0.269 e. The van der Waals surface area contributed by atoms with Gasteiger partial charge in [-0.1, -0.05) is 48.0 Å². The van der Waals surface area contributed by atoms with Gasteiger partial charge in [-0.15, -0.1) is 11.8 Å². The van der Waals surface area contributed by atoms with Crippen LogP contribution in [0.3, 0.4) is 0 Å². The second-order valence-electron chi connectivity index (χ2n) is 7.53. The topological polar surface area (TPSA) is 40.6 Å². The number of rotatable bonds is 3. The van der Waals surface area contributed by atoms with E-state index < -0.39 is 4.87 Å². The number of para-hydroxylation sites is 1. The molecule has 0 unspecified atom stereocenters. The Hall–Kier alpha value is -3.12. The number of aryl methyl sites for hydroxylation is 1. The summed E-state index contributed by atoms with van der Waals surface area (Å²) < 4.78 is 13.5. The van der Waals surface area contributed by atoms with Crippen molar-refractivity contribution in [2.24, 2.45) is 0 Å². The van der Waals surface area contributed by atoms with Crippen LogP contribution >= 0.6 is 11.8 Å². The molecule has 0 aliphatic carbocycles. The van der Waals surface area contributed by atoms with E-state index in [-0.39, 0.29) is 23.4 Å². The van der Waals surface area contributed by atoms with Crippen LogP contribution < -0.4 is 9.80 Å². The van der Waals surface area contributed by atoms with Gasteiger partial charge in [0, 0.05) is 11.3 Å². The number of thioether (sulfide) groups is 1. The SMILES string of the molecule is Cc1ccc(CN2C(=O)[C@@]3(SCC(=O)N3c3ccc(F)cc3)c3ccccc32)cc1. The summed E-state index contributed by atoms with van der Waals surface area (Å²) in [6.45, 7) is 2.44. The Morgan fingerprint density at radius 1 is 0.967 bits per heavy atom. The number of carbonyl (C=O) groups is 2. The fourth-order valence-corrected chi connectivity index (χ4v) is 5.54. The molecule has 0 radical (unpaired) electrons. The molecule has 1 spiro atoms. The molecule has 1 atom stereocenters. The average molecular weight is 418 g/mol. The molecular formula is C24H19FN2O2S. The van der Waals surface area contributed by atoms with Crippen LogP contribution in [0, 0.1) is 12.7 Å². The van der Waals surface area contributed by atoms with Gasteiger partial charge in [-0.25, -0.2) is 4.39 Å². The molecule has 4 nitrogen and oxygen atoms in total. The van der Waals surface area contributed by atoms with Gasteiger partial charge in [0.15, 0.2) is 0 Å². The van der Waals surface area contributed by atoms with Crippen LogP contribution in [0.2, 0.25) is 0 Å². The fourth-order valence-electron chi connectivity index (χ4n) is 4.18. The molecule has 30 heavy (non-hydrogen) atoms. The lowest BCUT2D eigenvalue weighted by molar-refractivity contribution is -0.123. The molecule has 1 saturated heterocycles. The quantitative estimate of drug-likeness (QED) is 0.624. The molecule has 5 rings (SSSR count). The van der Waals surface area contributed by atoms with Gasteiger partial charge < -0.3 is 4.90 Å². The highest BCUT2D eigenvalue weighted by Crippen LogP contribution is 2.55. The van der Waals surface area contributed by atoms with E-state index in [9.17, 15) is 14.0 Å². The zero-order chi connectivity index (χ0) is 20.9. The first-order chi connectivity index (χ1) is 14.5. The Morgan fingerprint density at radius 3 is 2.40 bits per heavy atom. The van der Waals surface area contributed by atoms with E-state index in [0.29, 0.717) is 12.2 Å². The Balaban J connectivity index is 1.62. The van der Waals surface area contributed by atoms with E-state index in [0.717, 1.165) is 22.4 Å². The summed E-state index contributed by atoms with van der Waals surface area (Å²) in [6.07, 6.45) is 0. The summed E-state index contributed by atoms with van der Waals surface area (Å²) >= 11 is 1.33. The predicted octanol–water partition coefficient (Wildman–Crippen LogP) is 4.61. The molecule has 0 aromatic heterocycles. The molecule has 0 saturated carbocycles. The van der Waals surface area contributed by atoms with Gasteiger partial charge in [-0.05, 0) is 42.8 Å². The first-order valence-electron chi connectivity index (χ1n) is 9.70. The highest BCUT2D eigenvalue weighted by molar-refractivity contribution is 8.02. The van der Waals surface area contributed by atoms with Crippen molar-refractivity contribution in [3.63, 3.8) is 0 Å². The third kappa shape index (κ3) is 2.75. The fraction of sp³-hybridized carbons (Fsp3) is 0.167. The summed E-state index contributed by atoms with van der Waals surface area (Å²) in [5.74, 6) is -0.502. The Morgan fingerprint density at radius 2 is 1.67 bits per heavy atom. The van der Waals surface area contributed by atoms with E-state index in [1.165, 1.54) is 28.8 Å². The Labute approximate surface area is 178 Å². The number of fused-ring (bicyclic) bond motifs is 2. The first kappa shape index (κ1) is 18.9. The number of amides is 2. The maximum absolute atomic E-state index is 13.9. The molecule has 0 bridgehead atoms. The van der Waals surface area contributed by atoms with Crippen molar-refractivity contribution in [2.45, 2.75) is 18.3 Å². The molecule has 2 amide bonds. The Bertz CT molecular complexity index is 1150. The van der Waals surface area contributed by atoms with E-state index in [1.807, 2.05) is 55.5 Å². The van der Waals surface area contributed by atoms with Crippen LogP contribution in [-0.2, 0) is 21.0 Å². The van der Waals surface area contributed by atoms with E-state index in [4.69, 9.17) is 0 Å². The minimum atomic E-state index is -1.17. The smallest absolute Gasteiger partial charge is 0.269 e. The van der Waals surface area contributed by atoms with Crippen molar-refractivity contribution in [1.29, 1.82) is 0 Å². The highest BCUT2D eigenvalue weighted by Gasteiger charge is 2.60. The molecule has 6 heteroatoms. The number of carbonyl (C=O) groups excluding carboxylic acids is 2. The summed E-state index contributed by atoms with van der Waals surface area (Å²) in [6, 6.07) is 21.4. The van der Waals surface area contributed by atoms with Crippen molar-refractivity contribution >= 4 is 35.0 Å². The van der Waals surface area contributed by atoms with E-state index in [2.05, 4.69) is 0 Å². The van der Waals surface area contributed by atoms with Crippen LogP contribution in [0.5, 0.6) is 0 Å². The van der Waals surface area contributed by atoms with Crippen molar-refractivity contribution in [1.82, 2.24) is 0 Å². The molecule has 3 aromatic rings. The van der Waals surface area contributed by atoms with E-state index >= 15 is 0 Å². The zero-order valence-electron chi connectivity index (χ0n) is 16.3. The lowest BCUT2D eigenvalue weighted by Crippen LogP contribution is -2.49. The van der Waals surface area contributed by atoms with Crippen LogP contribution in [0.1, 0.15) is 16.7 Å². The van der Waals surface area contributed by atoms with Gasteiger partial charge in [0.05, 0.1) is 18.0 Å². The third-order valence-corrected chi connectivity index (χ3v) is 7.00. The van der Waals surface area contributed by atoms with Crippen LogP contribution in [0.15, 0.2) is 72.8 Å². The molecule has 150 valence electrons. The van der Waals surface area contributed by atoms with E-state index in [1.54, 1.807) is 17.0 Å². The minimum Gasteiger partial charge on any atom is -0.304 e. The number of hydrogen-bond acceptors (Lipinski definition) is 3. The van der Waals surface area contributed by atoms with Gasteiger partial charge >= 0.3 is 0 Å². The summed E-state index contributed by atoms with van der Waals surface area (Å²) in [5, 5.41) is 0. The lowest BCUT2D eigenvalue weighted by Gasteiger charge is -2.33. The number of halogens is 1. The van der Waals surface area contributed by atoms with Gasteiger partial charge in [0.1, 0.15) is 5.82 Å². The molecular weight excluding hydrogens is 399 g/mol. The van der Waals surface area contributed by atoms with Gasteiger partial charge in [-0.3, -0.25) is 14.5 Å². The monoisotopic (exact) mass is 418 g/mol. The number of benzene rings is 3. The van der Waals surface area contributed by atoms with Gasteiger partial charge in [-0.2, -0.15) is 0 Å². The second kappa shape index (κ2) is 6.99. The van der Waals surface area contributed by atoms with Crippen molar-refractivity contribution in [2.75, 3.05) is 15.6 Å². The molecule has 0 N–H and O–H groups in total. The minimum absolute atomic E-state index is 0.149. The van der Waals surface area contributed by atoms with Crippen LogP contribution in [-0.4, -0.2) is 17.6 Å². The molecule has 1 fully saturated rings. The largest absolute Gasteiger partial charge is 0.304 e. The number of anilines is 2. The first-order valence-corrected chi connectivity index (χ1v) is 10.7.